The number of hydrogen-bond donors (Lipinski definition) is 2. The van der Waals surface area contributed by atoms with Gasteiger partial charge in [0, 0.05) is 49.2 Å². The second kappa shape index (κ2) is 9.86. The van der Waals surface area contributed by atoms with Crippen LogP contribution in [-0.2, 0) is 16.1 Å². The molecule has 1 saturated heterocycles. The number of methoxy groups -OCH3 is 1. The van der Waals surface area contributed by atoms with Crippen LogP contribution in [0.5, 0.6) is 0 Å². The molecule has 7 rings (SSSR count). The van der Waals surface area contributed by atoms with Gasteiger partial charge in [-0.2, -0.15) is 5.10 Å². The molecule has 2 aliphatic heterocycles. The molecule has 5 atom stereocenters. The summed E-state index contributed by atoms with van der Waals surface area (Å²) in [6.45, 7) is 5.73. The smallest absolute Gasteiger partial charge is 0.235 e. The molecule has 2 fully saturated rings. The molecule has 6 heteroatoms. The first kappa shape index (κ1) is 25.5. The van der Waals surface area contributed by atoms with E-state index in [0.717, 1.165) is 41.7 Å². The lowest BCUT2D eigenvalue weighted by Crippen LogP contribution is -2.42. The standard InChI is InChI=1S/C34H38N4O2/c1-21-5-4-6-22(2)38(21)20-24-9-7-23(8-10-24)11-15-30-27-14-12-25(17-32(27)37-36-30)29-19-34(29)28-18-26(40-3)13-16-31(28)35-33(34)39/h7-17,21-22,26,29H,4-6,18-20H2,1-3H3,(H,35,39)(H,36,37)/b15-11+/t21-,22+,26?,29-,34-/m0/s1. The lowest BCUT2D eigenvalue weighted by molar-refractivity contribution is -0.123. The molecule has 1 spiro atoms. The molecule has 4 aliphatic rings. The van der Waals surface area contributed by atoms with E-state index in [1.54, 1.807) is 7.11 Å². The van der Waals surface area contributed by atoms with Gasteiger partial charge < -0.3 is 10.1 Å². The van der Waals surface area contributed by atoms with Crippen molar-refractivity contribution in [1.82, 2.24) is 20.4 Å². The molecule has 3 aromatic rings. The van der Waals surface area contributed by atoms with Gasteiger partial charge in [-0.05, 0) is 73.6 Å². The van der Waals surface area contributed by atoms with Crippen molar-refractivity contribution in [1.29, 1.82) is 0 Å². The lowest BCUT2D eigenvalue weighted by atomic mass is 9.85. The molecule has 2 aliphatic carbocycles. The molecule has 1 unspecified atom stereocenters. The molecular formula is C34H38N4O2. The van der Waals surface area contributed by atoms with Crippen LogP contribution >= 0.6 is 0 Å². The molecule has 40 heavy (non-hydrogen) atoms. The maximum Gasteiger partial charge on any atom is 0.235 e. The van der Waals surface area contributed by atoms with Crippen LogP contribution < -0.4 is 5.32 Å². The number of piperidine rings is 1. The summed E-state index contributed by atoms with van der Waals surface area (Å²) in [4.78, 5) is 15.7. The number of nitrogens with zero attached hydrogens (tertiary/aromatic N) is 2. The molecule has 3 heterocycles. The third kappa shape index (κ3) is 4.25. The van der Waals surface area contributed by atoms with Crippen molar-refractivity contribution in [2.45, 2.75) is 76.6 Å². The largest absolute Gasteiger partial charge is 0.377 e. The van der Waals surface area contributed by atoms with E-state index < -0.39 is 5.41 Å². The molecule has 2 aromatic carbocycles. The summed E-state index contributed by atoms with van der Waals surface area (Å²) in [7, 11) is 1.73. The van der Waals surface area contributed by atoms with Crippen LogP contribution in [0.3, 0.4) is 0 Å². The Hall–Kier alpha value is -3.48. The van der Waals surface area contributed by atoms with Crippen LogP contribution in [0.15, 0.2) is 65.9 Å². The fourth-order valence-corrected chi connectivity index (χ4v) is 7.31. The zero-order valence-electron chi connectivity index (χ0n) is 23.6. The van der Waals surface area contributed by atoms with Crippen molar-refractivity contribution in [2.75, 3.05) is 7.11 Å². The van der Waals surface area contributed by atoms with Gasteiger partial charge in [0.1, 0.15) is 0 Å². The van der Waals surface area contributed by atoms with Crippen LogP contribution in [-0.4, -0.2) is 46.3 Å². The topological polar surface area (TPSA) is 70.2 Å². The van der Waals surface area contributed by atoms with Gasteiger partial charge in [0.15, 0.2) is 0 Å². The van der Waals surface area contributed by atoms with Gasteiger partial charge in [-0.25, -0.2) is 0 Å². The zero-order valence-corrected chi connectivity index (χ0v) is 23.6. The molecule has 6 nitrogen and oxygen atoms in total. The van der Waals surface area contributed by atoms with Crippen molar-refractivity contribution in [3.63, 3.8) is 0 Å². The van der Waals surface area contributed by atoms with Crippen molar-refractivity contribution in [3.8, 4) is 0 Å². The number of H-pyrrole nitrogens is 1. The molecule has 1 amide bonds. The Morgan fingerprint density at radius 2 is 1.90 bits per heavy atom. The van der Waals surface area contributed by atoms with Crippen molar-refractivity contribution >= 4 is 29.0 Å². The number of carbonyl (C=O) groups is 1. The number of aromatic nitrogens is 2. The number of aromatic amines is 1. The summed E-state index contributed by atoms with van der Waals surface area (Å²) in [5, 5.41) is 12.0. The molecule has 0 radical (unpaired) electrons. The molecule has 1 aromatic heterocycles. The predicted molar refractivity (Wildman–Crippen MR) is 159 cm³/mol. The number of allylic oxidation sites excluding steroid dienone is 1. The minimum absolute atomic E-state index is 0.0345. The maximum atomic E-state index is 13.1. The number of amides is 1. The van der Waals surface area contributed by atoms with E-state index in [-0.39, 0.29) is 17.9 Å². The third-order valence-electron chi connectivity index (χ3n) is 9.84. The maximum absolute atomic E-state index is 13.1. The lowest BCUT2D eigenvalue weighted by Gasteiger charge is -2.39. The summed E-state index contributed by atoms with van der Waals surface area (Å²) in [5.41, 5.74) is 7.41. The van der Waals surface area contributed by atoms with E-state index in [2.05, 4.69) is 88.9 Å². The van der Waals surface area contributed by atoms with E-state index in [0.29, 0.717) is 12.1 Å². The molecule has 206 valence electrons. The number of hydrogen-bond acceptors (Lipinski definition) is 4. The number of likely N-dealkylation sites (tertiary alicyclic amines) is 1. The normalized spacial score (nSPS) is 30.0. The first-order valence-electron chi connectivity index (χ1n) is 14.7. The molecule has 0 bridgehead atoms. The van der Waals surface area contributed by atoms with E-state index in [1.807, 2.05) is 12.2 Å². The minimum atomic E-state index is -0.427. The Morgan fingerprint density at radius 3 is 2.67 bits per heavy atom. The van der Waals surface area contributed by atoms with Crippen molar-refractivity contribution in [2.24, 2.45) is 5.41 Å². The summed E-state index contributed by atoms with van der Waals surface area (Å²) in [6.07, 6.45) is 13.9. The number of rotatable bonds is 6. The van der Waals surface area contributed by atoms with Gasteiger partial charge in [-0.15, -0.1) is 0 Å². The van der Waals surface area contributed by atoms with Gasteiger partial charge in [0.2, 0.25) is 5.91 Å². The van der Waals surface area contributed by atoms with E-state index >= 15 is 0 Å². The quantitative estimate of drug-likeness (QED) is 0.388. The first-order chi connectivity index (χ1) is 19.5. The van der Waals surface area contributed by atoms with Crippen LogP contribution in [0.1, 0.15) is 74.3 Å². The Kier molecular flexibility index (Phi) is 6.28. The summed E-state index contributed by atoms with van der Waals surface area (Å²) >= 11 is 0. The van der Waals surface area contributed by atoms with Gasteiger partial charge in [0.25, 0.3) is 0 Å². The molecule has 2 N–H and O–H groups in total. The Morgan fingerprint density at radius 1 is 1.10 bits per heavy atom. The van der Waals surface area contributed by atoms with Gasteiger partial charge >= 0.3 is 0 Å². The highest BCUT2D eigenvalue weighted by Crippen LogP contribution is 2.67. The summed E-state index contributed by atoms with van der Waals surface area (Å²) < 4.78 is 5.57. The second-order valence-corrected chi connectivity index (χ2v) is 12.2. The summed E-state index contributed by atoms with van der Waals surface area (Å²) in [5.74, 6) is 0.313. The number of fused-ring (bicyclic) bond motifs is 2. The third-order valence-corrected chi connectivity index (χ3v) is 9.84. The Labute approximate surface area is 236 Å². The highest BCUT2D eigenvalue weighted by atomic mass is 16.5. The second-order valence-electron chi connectivity index (χ2n) is 12.2. The van der Waals surface area contributed by atoms with Crippen LogP contribution in [0.2, 0.25) is 0 Å². The van der Waals surface area contributed by atoms with Crippen molar-refractivity contribution in [3.05, 3.63) is 88.3 Å². The number of ether oxygens (including phenoxy) is 1. The monoisotopic (exact) mass is 534 g/mol. The average molecular weight is 535 g/mol. The van der Waals surface area contributed by atoms with E-state index in [4.69, 9.17) is 4.74 Å². The van der Waals surface area contributed by atoms with Gasteiger partial charge in [-0.1, -0.05) is 55.0 Å². The van der Waals surface area contributed by atoms with Crippen LogP contribution in [0, 0.1) is 5.41 Å². The first-order valence-corrected chi connectivity index (χ1v) is 14.7. The van der Waals surface area contributed by atoms with Crippen LogP contribution in [0.4, 0.5) is 0 Å². The van der Waals surface area contributed by atoms with Gasteiger partial charge in [0.05, 0.1) is 22.7 Å². The zero-order chi connectivity index (χ0) is 27.4. The summed E-state index contributed by atoms with van der Waals surface area (Å²) in [6, 6.07) is 16.7. The average Bonchev–Trinajstić information content (AvgIpc) is 3.51. The predicted octanol–water partition coefficient (Wildman–Crippen LogP) is 6.33. The number of benzene rings is 2. The van der Waals surface area contributed by atoms with Gasteiger partial charge in [-0.3, -0.25) is 14.8 Å². The molecule has 1 saturated carbocycles. The fraction of sp³-hybridized carbons (Fsp3) is 0.412. The number of carbonyl (C=O) groups excluding carboxylic acids is 1. The Bertz CT molecular complexity index is 1540. The van der Waals surface area contributed by atoms with E-state index in [1.165, 1.54) is 41.5 Å². The SMILES string of the molecule is COC1C=CC2=C(C1)[C@]1(C[C@H]1c1ccc3c(/C=C/c4ccc(CN5[C@H](C)CCC[C@@H]5C)cc4)n[nH]c3c1)C(=O)N2. The fourth-order valence-electron chi connectivity index (χ4n) is 7.31. The number of nitrogens with one attached hydrogen (secondary N) is 2. The van der Waals surface area contributed by atoms with Crippen molar-refractivity contribution < 1.29 is 9.53 Å². The minimum Gasteiger partial charge on any atom is -0.377 e. The van der Waals surface area contributed by atoms with E-state index in [9.17, 15) is 4.79 Å². The van der Waals surface area contributed by atoms with Crippen LogP contribution in [0.25, 0.3) is 23.1 Å². The Balaban J connectivity index is 1.06. The highest BCUT2D eigenvalue weighted by Gasteiger charge is 2.66. The highest BCUT2D eigenvalue weighted by molar-refractivity contribution is 5.97. The molecular weight excluding hydrogens is 496 g/mol.